The molecular formula is C22H26ClN3O6. The van der Waals surface area contributed by atoms with Crippen molar-refractivity contribution in [2.75, 3.05) is 32.8 Å². The summed E-state index contributed by atoms with van der Waals surface area (Å²) < 4.78 is 21.6. The van der Waals surface area contributed by atoms with E-state index in [0.29, 0.717) is 36.2 Å². The van der Waals surface area contributed by atoms with Crippen LogP contribution in [-0.2, 0) is 9.59 Å². The summed E-state index contributed by atoms with van der Waals surface area (Å²) in [6.45, 7) is 5.67. The second kappa shape index (κ2) is 11.9. The van der Waals surface area contributed by atoms with Crippen LogP contribution in [0.4, 0.5) is 11.4 Å². The summed E-state index contributed by atoms with van der Waals surface area (Å²) in [5.41, 5.74) is 0.442. The molecule has 2 aromatic rings. The van der Waals surface area contributed by atoms with Gasteiger partial charge in [-0.25, -0.2) is 0 Å². The van der Waals surface area contributed by atoms with Gasteiger partial charge in [-0.2, -0.15) is 5.11 Å². The van der Waals surface area contributed by atoms with Gasteiger partial charge in [-0.05, 0) is 45.0 Å². The molecule has 0 aliphatic rings. The van der Waals surface area contributed by atoms with Crippen LogP contribution in [0.15, 0.2) is 40.6 Å². The Labute approximate surface area is 191 Å². The zero-order chi connectivity index (χ0) is 23.7. The highest BCUT2D eigenvalue weighted by molar-refractivity contribution is 6.35. The zero-order valence-electron chi connectivity index (χ0n) is 18.6. The minimum absolute atomic E-state index is 0.125. The predicted molar refractivity (Wildman–Crippen MR) is 121 cm³/mol. The van der Waals surface area contributed by atoms with Crippen LogP contribution in [0.1, 0.15) is 20.8 Å². The van der Waals surface area contributed by atoms with E-state index in [1.165, 1.54) is 21.1 Å². The van der Waals surface area contributed by atoms with Gasteiger partial charge in [0.2, 0.25) is 6.04 Å². The van der Waals surface area contributed by atoms with Crippen LogP contribution in [0.3, 0.4) is 0 Å². The zero-order valence-corrected chi connectivity index (χ0v) is 19.4. The van der Waals surface area contributed by atoms with Gasteiger partial charge in [0.15, 0.2) is 23.0 Å². The minimum atomic E-state index is -1.44. The van der Waals surface area contributed by atoms with E-state index in [2.05, 4.69) is 15.5 Å². The number of benzene rings is 2. The Hall–Kier alpha value is -3.33. The summed E-state index contributed by atoms with van der Waals surface area (Å²) in [4.78, 5) is 25.1. The number of ketones is 1. The average Bonchev–Trinajstić information content (AvgIpc) is 2.77. The quantitative estimate of drug-likeness (QED) is 0.377. The van der Waals surface area contributed by atoms with Crippen molar-refractivity contribution in [2.24, 2.45) is 10.2 Å². The van der Waals surface area contributed by atoms with E-state index in [1.807, 2.05) is 13.8 Å². The molecule has 32 heavy (non-hydrogen) atoms. The average molecular weight is 464 g/mol. The summed E-state index contributed by atoms with van der Waals surface area (Å²) >= 11 is 6.31. The van der Waals surface area contributed by atoms with Crippen LogP contribution in [0, 0.1) is 0 Å². The van der Waals surface area contributed by atoms with Crippen LogP contribution in [0.2, 0.25) is 5.02 Å². The maximum absolute atomic E-state index is 12.9. The number of Topliss-reactive ketones (excluding diaryl/α,β-unsaturated/α-hetero) is 1. The minimum Gasteiger partial charge on any atom is -0.495 e. The third-order valence-corrected chi connectivity index (χ3v) is 4.60. The molecule has 0 saturated heterocycles. The number of methoxy groups -OCH3 is 2. The lowest BCUT2D eigenvalue weighted by atomic mass is 10.2. The molecule has 0 spiro atoms. The molecule has 0 aromatic heterocycles. The maximum atomic E-state index is 12.9. The molecule has 0 heterocycles. The van der Waals surface area contributed by atoms with Crippen molar-refractivity contribution in [1.29, 1.82) is 0 Å². The Balaban J connectivity index is 2.40. The van der Waals surface area contributed by atoms with E-state index < -0.39 is 17.7 Å². The van der Waals surface area contributed by atoms with Crippen LogP contribution < -0.4 is 24.3 Å². The molecule has 0 aliphatic heterocycles. The fourth-order valence-corrected chi connectivity index (χ4v) is 3.03. The fourth-order valence-electron chi connectivity index (χ4n) is 2.75. The van der Waals surface area contributed by atoms with E-state index in [4.69, 9.17) is 30.5 Å². The number of ether oxygens (including phenoxy) is 4. The molecule has 2 aromatic carbocycles. The first-order valence-corrected chi connectivity index (χ1v) is 10.3. The lowest BCUT2D eigenvalue weighted by Gasteiger charge is -2.16. The molecule has 0 aliphatic carbocycles. The fraction of sp³-hybridized carbons (Fsp3) is 0.364. The van der Waals surface area contributed by atoms with E-state index in [9.17, 15) is 9.59 Å². The van der Waals surface area contributed by atoms with Crippen molar-refractivity contribution in [2.45, 2.75) is 26.8 Å². The molecule has 1 amide bonds. The van der Waals surface area contributed by atoms with Gasteiger partial charge in [0.05, 0.1) is 27.4 Å². The molecule has 0 saturated carbocycles. The number of hydrogen-bond acceptors (Lipinski definition) is 8. The standard InChI is InChI=1S/C22H26ClN3O6/c1-6-31-16-9-8-10-17(32-7-2)20(16)26-25-19(13(3)27)22(28)24-21-15(30-5)12-11-14(29-4)18(21)23/h8-12,19H,6-7H2,1-5H3,(H,24,28). The number of rotatable bonds is 11. The Morgan fingerprint density at radius 1 is 0.969 bits per heavy atom. The number of amides is 1. The summed E-state index contributed by atoms with van der Waals surface area (Å²) in [5.74, 6) is 0.210. The normalized spacial score (nSPS) is 11.7. The number of halogens is 1. The van der Waals surface area contributed by atoms with Gasteiger partial charge in [-0.1, -0.05) is 17.7 Å². The van der Waals surface area contributed by atoms with Crippen molar-refractivity contribution in [3.05, 3.63) is 35.4 Å². The second-order valence-corrected chi connectivity index (χ2v) is 6.72. The van der Waals surface area contributed by atoms with Gasteiger partial charge < -0.3 is 24.3 Å². The number of anilines is 1. The molecule has 172 valence electrons. The topological polar surface area (TPSA) is 108 Å². The van der Waals surface area contributed by atoms with Gasteiger partial charge in [0, 0.05) is 0 Å². The Kier molecular flexibility index (Phi) is 9.27. The molecule has 1 unspecified atom stereocenters. The third-order valence-electron chi connectivity index (χ3n) is 4.22. The van der Waals surface area contributed by atoms with Crippen molar-refractivity contribution < 1.29 is 28.5 Å². The molecule has 0 radical (unpaired) electrons. The molecule has 10 heteroatoms. The number of carbonyl (C=O) groups is 2. The molecule has 2 rings (SSSR count). The molecule has 1 atom stereocenters. The van der Waals surface area contributed by atoms with Crippen LogP contribution in [0.25, 0.3) is 0 Å². The highest BCUT2D eigenvalue weighted by Gasteiger charge is 2.26. The maximum Gasteiger partial charge on any atom is 0.258 e. The smallest absolute Gasteiger partial charge is 0.258 e. The third kappa shape index (κ3) is 5.88. The number of nitrogens with zero attached hydrogens (tertiary/aromatic N) is 2. The lowest BCUT2D eigenvalue weighted by molar-refractivity contribution is -0.126. The van der Waals surface area contributed by atoms with Gasteiger partial charge in [-0.3, -0.25) is 9.59 Å². The molecule has 0 bridgehead atoms. The van der Waals surface area contributed by atoms with Crippen molar-refractivity contribution >= 4 is 34.7 Å². The Morgan fingerprint density at radius 3 is 2.03 bits per heavy atom. The summed E-state index contributed by atoms with van der Waals surface area (Å²) in [7, 11) is 2.87. The molecule has 0 fully saturated rings. The first-order valence-electron chi connectivity index (χ1n) is 9.89. The van der Waals surface area contributed by atoms with Crippen LogP contribution in [0.5, 0.6) is 23.0 Å². The number of nitrogens with one attached hydrogen (secondary N) is 1. The highest BCUT2D eigenvalue weighted by atomic mass is 35.5. The number of hydrogen-bond donors (Lipinski definition) is 1. The number of carbonyl (C=O) groups excluding carboxylic acids is 2. The summed E-state index contributed by atoms with van der Waals surface area (Å²) in [6.07, 6.45) is 0. The predicted octanol–water partition coefficient (Wildman–Crippen LogP) is 4.83. The van der Waals surface area contributed by atoms with E-state index in [1.54, 1.807) is 30.3 Å². The summed E-state index contributed by atoms with van der Waals surface area (Å²) in [6, 6.07) is 6.89. The van der Waals surface area contributed by atoms with Crippen LogP contribution in [-0.4, -0.2) is 45.2 Å². The van der Waals surface area contributed by atoms with Gasteiger partial charge >= 0.3 is 0 Å². The van der Waals surface area contributed by atoms with Crippen LogP contribution >= 0.6 is 11.6 Å². The highest BCUT2D eigenvalue weighted by Crippen LogP contribution is 2.40. The number of azo groups is 1. The monoisotopic (exact) mass is 463 g/mol. The first kappa shape index (κ1) is 24.9. The first-order chi connectivity index (χ1) is 15.4. The van der Waals surface area contributed by atoms with E-state index >= 15 is 0 Å². The largest absolute Gasteiger partial charge is 0.495 e. The molecule has 9 nitrogen and oxygen atoms in total. The van der Waals surface area contributed by atoms with E-state index in [0.717, 1.165) is 0 Å². The van der Waals surface area contributed by atoms with E-state index in [-0.39, 0.29) is 16.4 Å². The molecule has 1 N–H and O–H groups in total. The van der Waals surface area contributed by atoms with Gasteiger partial charge in [0.1, 0.15) is 22.2 Å². The van der Waals surface area contributed by atoms with Crippen molar-refractivity contribution in [3.63, 3.8) is 0 Å². The summed E-state index contributed by atoms with van der Waals surface area (Å²) in [5, 5.41) is 10.8. The van der Waals surface area contributed by atoms with Gasteiger partial charge in [0.25, 0.3) is 5.91 Å². The van der Waals surface area contributed by atoms with Crippen molar-refractivity contribution in [3.8, 4) is 23.0 Å². The SMILES string of the molecule is CCOc1cccc(OCC)c1N=NC(C(C)=O)C(=O)Nc1c(OC)ccc(OC)c1Cl. The second-order valence-electron chi connectivity index (χ2n) is 6.35. The lowest BCUT2D eigenvalue weighted by Crippen LogP contribution is -2.32. The Morgan fingerprint density at radius 2 is 1.53 bits per heavy atom. The van der Waals surface area contributed by atoms with Crippen molar-refractivity contribution in [1.82, 2.24) is 0 Å². The van der Waals surface area contributed by atoms with Gasteiger partial charge in [-0.15, -0.1) is 5.11 Å². The Bertz CT molecular complexity index is 972. The molecular weight excluding hydrogens is 438 g/mol.